The summed E-state index contributed by atoms with van der Waals surface area (Å²) < 4.78 is 37.1. The molecular weight excluding hydrogens is 241 g/mol. The number of aliphatic hydroxyl groups is 1. The minimum absolute atomic E-state index is 0.332. The zero-order chi connectivity index (χ0) is 13.8. The molecule has 1 nitrogen and oxygen atoms in total. The molecule has 0 saturated heterocycles. The Morgan fingerprint density at radius 1 is 1.22 bits per heavy atom. The quantitative estimate of drug-likeness (QED) is 0.792. The van der Waals surface area contributed by atoms with Gasteiger partial charge in [0.2, 0.25) is 0 Å². The van der Waals surface area contributed by atoms with Crippen molar-refractivity contribution in [2.45, 2.75) is 38.0 Å². The van der Waals surface area contributed by atoms with E-state index in [1.807, 2.05) is 0 Å². The predicted octanol–water partition coefficient (Wildman–Crippen LogP) is 3.97. The molecule has 1 unspecified atom stereocenters. The van der Waals surface area contributed by atoms with Crippen molar-refractivity contribution in [1.82, 2.24) is 0 Å². The van der Waals surface area contributed by atoms with Gasteiger partial charge in [-0.15, -0.1) is 6.58 Å². The van der Waals surface area contributed by atoms with Crippen LogP contribution < -0.4 is 0 Å². The van der Waals surface area contributed by atoms with Crippen molar-refractivity contribution >= 4 is 0 Å². The van der Waals surface area contributed by atoms with Crippen LogP contribution in [0.5, 0.6) is 0 Å². The van der Waals surface area contributed by atoms with Crippen molar-refractivity contribution < 1.29 is 18.3 Å². The monoisotopic (exact) mass is 258 g/mol. The van der Waals surface area contributed by atoms with Crippen LogP contribution in [0.3, 0.4) is 0 Å². The van der Waals surface area contributed by atoms with E-state index in [2.05, 4.69) is 6.58 Å². The van der Waals surface area contributed by atoms with E-state index in [1.54, 1.807) is 13.0 Å². The van der Waals surface area contributed by atoms with Gasteiger partial charge in [-0.2, -0.15) is 13.2 Å². The molecule has 4 heteroatoms. The van der Waals surface area contributed by atoms with Gasteiger partial charge in [-0.05, 0) is 37.5 Å². The summed E-state index contributed by atoms with van der Waals surface area (Å²) in [7, 11) is 0. The topological polar surface area (TPSA) is 20.2 Å². The number of hydrogen-bond donors (Lipinski definition) is 1. The van der Waals surface area contributed by atoms with E-state index < -0.39 is 17.3 Å². The van der Waals surface area contributed by atoms with Gasteiger partial charge in [-0.25, -0.2) is 0 Å². The normalized spacial score (nSPS) is 15.2. The highest BCUT2D eigenvalue weighted by molar-refractivity contribution is 5.25. The lowest BCUT2D eigenvalue weighted by Gasteiger charge is -2.22. The van der Waals surface area contributed by atoms with Gasteiger partial charge in [0.1, 0.15) is 0 Å². The Hall–Kier alpha value is -1.29. The Bertz CT molecular complexity index is 390. The number of benzene rings is 1. The van der Waals surface area contributed by atoms with Crippen LogP contribution in [0, 0.1) is 0 Å². The molecule has 1 atom stereocenters. The fourth-order valence-corrected chi connectivity index (χ4v) is 1.75. The van der Waals surface area contributed by atoms with Gasteiger partial charge in [0.15, 0.2) is 0 Å². The molecule has 18 heavy (non-hydrogen) atoms. The maximum atomic E-state index is 12.4. The highest BCUT2D eigenvalue weighted by atomic mass is 19.4. The number of alkyl halides is 3. The molecule has 0 aliphatic rings. The summed E-state index contributed by atoms with van der Waals surface area (Å²) in [5.41, 5.74) is -0.900. The number of rotatable bonds is 5. The Labute approximate surface area is 105 Å². The maximum absolute atomic E-state index is 12.4. The highest BCUT2D eigenvalue weighted by Gasteiger charge is 2.30. The van der Waals surface area contributed by atoms with Gasteiger partial charge in [0.25, 0.3) is 0 Å². The third kappa shape index (κ3) is 4.53. The lowest BCUT2D eigenvalue weighted by atomic mass is 9.91. The molecule has 0 amide bonds. The summed E-state index contributed by atoms with van der Waals surface area (Å²) in [6.07, 6.45) is -1.06. The summed E-state index contributed by atoms with van der Waals surface area (Å²) >= 11 is 0. The summed E-state index contributed by atoms with van der Waals surface area (Å²) in [5.74, 6) is 0. The highest BCUT2D eigenvalue weighted by Crippen LogP contribution is 2.29. The van der Waals surface area contributed by atoms with Crippen LogP contribution in [-0.2, 0) is 12.6 Å². The lowest BCUT2D eigenvalue weighted by molar-refractivity contribution is -0.137. The van der Waals surface area contributed by atoms with E-state index in [0.717, 1.165) is 12.1 Å². The molecule has 1 rings (SSSR count). The van der Waals surface area contributed by atoms with Crippen LogP contribution in [0.2, 0.25) is 0 Å². The second kappa shape index (κ2) is 5.57. The van der Waals surface area contributed by atoms with E-state index in [9.17, 15) is 18.3 Å². The van der Waals surface area contributed by atoms with Crippen molar-refractivity contribution in [2.24, 2.45) is 0 Å². The molecule has 0 saturated carbocycles. The lowest BCUT2D eigenvalue weighted by Crippen LogP contribution is -2.26. The Morgan fingerprint density at radius 2 is 1.78 bits per heavy atom. The molecule has 0 aliphatic heterocycles. The summed E-state index contributed by atoms with van der Waals surface area (Å²) in [4.78, 5) is 0. The minimum atomic E-state index is -4.32. The maximum Gasteiger partial charge on any atom is 0.416 e. The van der Waals surface area contributed by atoms with Crippen molar-refractivity contribution in [2.75, 3.05) is 0 Å². The molecule has 100 valence electrons. The first-order chi connectivity index (χ1) is 8.24. The molecule has 0 radical (unpaired) electrons. The second-order valence-electron chi connectivity index (χ2n) is 4.70. The average Bonchev–Trinajstić information content (AvgIpc) is 2.25. The third-order valence-electron chi connectivity index (χ3n) is 2.75. The fourth-order valence-electron chi connectivity index (χ4n) is 1.75. The van der Waals surface area contributed by atoms with E-state index in [1.165, 1.54) is 12.1 Å². The average molecular weight is 258 g/mol. The van der Waals surface area contributed by atoms with Gasteiger partial charge in [-0.1, -0.05) is 18.2 Å². The predicted molar refractivity (Wildman–Crippen MR) is 65.2 cm³/mol. The molecule has 1 aromatic rings. The van der Waals surface area contributed by atoms with E-state index in [0.29, 0.717) is 24.8 Å². The van der Waals surface area contributed by atoms with Gasteiger partial charge in [-0.3, -0.25) is 0 Å². The number of hydrogen-bond acceptors (Lipinski definition) is 1. The van der Waals surface area contributed by atoms with Crippen LogP contribution in [0.15, 0.2) is 36.9 Å². The Morgan fingerprint density at radius 3 is 2.22 bits per heavy atom. The molecule has 0 bridgehead atoms. The first-order valence-corrected chi connectivity index (χ1v) is 5.74. The summed E-state index contributed by atoms with van der Waals surface area (Å²) in [6, 6.07) is 4.90. The van der Waals surface area contributed by atoms with Gasteiger partial charge >= 0.3 is 6.18 Å². The first kappa shape index (κ1) is 14.8. The molecular formula is C14H17F3O. The summed E-state index contributed by atoms with van der Waals surface area (Å²) in [6.45, 7) is 5.25. The zero-order valence-electron chi connectivity index (χ0n) is 10.3. The van der Waals surface area contributed by atoms with Crippen LogP contribution >= 0.6 is 0 Å². The van der Waals surface area contributed by atoms with Crippen molar-refractivity contribution in [3.63, 3.8) is 0 Å². The molecule has 1 aromatic carbocycles. The van der Waals surface area contributed by atoms with E-state index in [-0.39, 0.29) is 0 Å². The van der Waals surface area contributed by atoms with Crippen molar-refractivity contribution in [1.29, 1.82) is 0 Å². The number of halogens is 3. The van der Waals surface area contributed by atoms with Gasteiger partial charge in [0.05, 0.1) is 11.2 Å². The van der Waals surface area contributed by atoms with Crippen LogP contribution in [0.4, 0.5) is 13.2 Å². The molecule has 0 fully saturated rings. The Balaban J connectivity index is 2.72. The minimum Gasteiger partial charge on any atom is -0.390 e. The second-order valence-corrected chi connectivity index (χ2v) is 4.70. The van der Waals surface area contributed by atoms with Gasteiger partial charge in [0, 0.05) is 6.42 Å². The third-order valence-corrected chi connectivity index (χ3v) is 2.75. The smallest absolute Gasteiger partial charge is 0.390 e. The van der Waals surface area contributed by atoms with Crippen molar-refractivity contribution in [3.8, 4) is 0 Å². The standard InChI is InChI=1S/C14H17F3O/c1-3-4-9-13(2,18)10-11-5-7-12(8-6-11)14(15,16)17/h3,5-8,18H,1,4,9-10H2,2H3. The molecule has 0 spiro atoms. The SMILES string of the molecule is C=CCCC(C)(O)Cc1ccc(C(F)(F)F)cc1. The molecule has 1 N–H and O–H groups in total. The van der Waals surface area contributed by atoms with Crippen LogP contribution in [-0.4, -0.2) is 10.7 Å². The van der Waals surface area contributed by atoms with Gasteiger partial charge < -0.3 is 5.11 Å². The van der Waals surface area contributed by atoms with E-state index in [4.69, 9.17) is 0 Å². The fraction of sp³-hybridized carbons (Fsp3) is 0.429. The van der Waals surface area contributed by atoms with Crippen LogP contribution in [0.25, 0.3) is 0 Å². The zero-order valence-corrected chi connectivity index (χ0v) is 10.3. The van der Waals surface area contributed by atoms with E-state index >= 15 is 0 Å². The largest absolute Gasteiger partial charge is 0.416 e. The molecule has 0 heterocycles. The molecule has 0 aliphatic carbocycles. The Kier molecular flexibility index (Phi) is 4.57. The summed E-state index contributed by atoms with van der Waals surface area (Å²) in [5, 5.41) is 10.1. The first-order valence-electron chi connectivity index (χ1n) is 5.74. The van der Waals surface area contributed by atoms with Crippen LogP contribution in [0.1, 0.15) is 30.9 Å². The molecule has 0 aromatic heterocycles. The number of allylic oxidation sites excluding steroid dienone is 1. The van der Waals surface area contributed by atoms with Crippen molar-refractivity contribution in [3.05, 3.63) is 48.0 Å².